The van der Waals surface area contributed by atoms with E-state index in [9.17, 15) is 24.0 Å². The van der Waals surface area contributed by atoms with Gasteiger partial charge < -0.3 is 25.8 Å². The van der Waals surface area contributed by atoms with Crippen molar-refractivity contribution in [1.82, 2.24) is 10.6 Å². The van der Waals surface area contributed by atoms with Crippen LogP contribution in [0.2, 0.25) is 0 Å². The van der Waals surface area contributed by atoms with Crippen LogP contribution in [0.3, 0.4) is 0 Å². The molecule has 0 aromatic heterocycles. The Labute approximate surface area is 161 Å². The molecule has 10 nitrogen and oxygen atoms in total. The number of rotatable bonds is 9. The van der Waals surface area contributed by atoms with Crippen molar-refractivity contribution in [3.63, 3.8) is 0 Å². The summed E-state index contributed by atoms with van der Waals surface area (Å²) in [6, 6.07) is 6.84. The van der Waals surface area contributed by atoms with E-state index >= 15 is 0 Å². The summed E-state index contributed by atoms with van der Waals surface area (Å²) in [5.41, 5.74) is 5.66. The van der Waals surface area contributed by atoms with Gasteiger partial charge in [-0.3, -0.25) is 24.0 Å². The highest BCUT2D eigenvalue weighted by Crippen LogP contribution is 2.19. The van der Waals surface area contributed by atoms with Crippen LogP contribution in [-0.4, -0.2) is 56.5 Å². The maximum absolute atomic E-state index is 12.1. The van der Waals surface area contributed by atoms with Crippen molar-refractivity contribution < 1.29 is 33.4 Å². The summed E-state index contributed by atoms with van der Waals surface area (Å²) in [5, 5.41) is 4.71. The monoisotopic (exact) mass is 393 g/mol. The van der Waals surface area contributed by atoms with E-state index in [0.717, 1.165) is 14.2 Å². The second-order valence-corrected chi connectivity index (χ2v) is 5.88. The second kappa shape index (κ2) is 10.7. The highest BCUT2D eigenvalue weighted by Gasteiger charge is 2.41. The number of ether oxygens (including phenoxy) is 2. The van der Waals surface area contributed by atoms with Crippen molar-refractivity contribution in [2.75, 3.05) is 20.8 Å². The highest BCUT2D eigenvalue weighted by atomic mass is 16.5. The van der Waals surface area contributed by atoms with Crippen LogP contribution in [0.1, 0.15) is 17.3 Å². The molecule has 0 heterocycles. The van der Waals surface area contributed by atoms with E-state index in [1.807, 2.05) is 0 Å². The topological polar surface area (TPSA) is 154 Å². The second-order valence-electron chi connectivity index (χ2n) is 5.88. The van der Waals surface area contributed by atoms with Gasteiger partial charge >= 0.3 is 11.9 Å². The Hall–Kier alpha value is -3.43. The SMILES string of the molecule is COC(=O)C(C(=O)OC)[C@H](C)[C@H](NC(=O)CNC(=O)c1ccccc1)C(N)=O. The first kappa shape index (κ1) is 22.6. The van der Waals surface area contributed by atoms with Gasteiger partial charge in [0.2, 0.25) is 11.8 Å². The summed E-state index contributed by atoms with van der Waals surface area (Å²) in [4.78, 5) is 59.7. The zero-order chi connectivity index (χ0) is 21.3. The molecule has 152 valence electrons. The summed E-state index contributed by atoms with van der Waals surface area (Å²) >= 11 is 0. The number of primary amides is 1. The Kier molecular flexibility index (Phi) is 8.60. The molecule has 0 bridgehead atoms. The van der Waals surface area contributed by atoms with Gasteiger partial charge in [-0.2, -0.15) is 0 Å². The molecule has 0 fully saturated rings. The van der Waals surface area contributed by atoms with Crippen molar-refractivity contribution in [3.8, 4) is 0 Å². The minimum absolute atomic E-state index is 0.353. The Morgan fingerprint density at radius 3 is 2.00 bits per heavy atom. The quantitative estimate of drug-likeness (QED) is 0.358. The maximum Gasteiger partial charge on any atom is 0.320 e. The van der Waals surface area contributed by atoms with Crippen molar-refractivity contribution in [2.24, 2.45) is 17.6 Å². The minimum atomic E-state index is -1.47. The van der Waals surface area contributed by atoms with Crippen LogP contribution in [0.5, 0.6) is 0 Å². The lowest BCUT2D eigenvalue weighted by atomic mass is 9.87. The molecular formula is C18H23N3O7. The number of nitrogens with one attached hydrogen (secondary N) is 2. The summed E-state index contributed by atoms with van der Waals surface area (Å²) in [5.74, 6) is -6.56. The summed E-state index contributed by atoms with van der Waals surface area (Å²) in [6.45, 7) is 0.933. The average molecular weight is 393 g/mol. The van der Waals surface area contributed by atoms with Crippen LogP contribution in [0.15, 0.2) is 30.3 Å². The van der Waals surface area contributed by atoms with E-state index in [0.29, 0.717) is 5.56 Å². The Morgan fingerprint density at radius 1 is 1.00 bits per heavy atom. The third-order valence-corrected chi connectivity index (χ3v) is 4.03. The molecular weight excluding hydrogens is 370 g/mol. The third-order valence-electron chi connectivity index (χ3n) is 4.03. The molecule has 0 unspecified atom stereocenters. The third kappa shape index (κ3) is 6.08. The summed E-state index contributed by atoms with van der Waals surface area (Å²) < 4.78 is 9.12. The molecule has 0 saturated carbocycles. The fourth-order valence-corrected chi connectivity index (χ4v) is 2.51. The van der Waals surface area contributed by atoms with Gasteiger partial charge in [-0.25, -0.2) is 0 Å². The number of hydrogen-bond acceptors (Lipinski definition) is 7. The number of hydrogen-bond donors (Lipinski definition) is 3. The molecule has 0 saturated heterocycles. The van der Waals surface area contributed by atoms with Gasteiger partial charge in [-0.15, -0.1) is 0 Å². The molecule has 1 rings (SSSR count). The van der Waals surface area contributed by atoms with Crippen LogP contribution >= 0.6 is 0 Å². The average Bonchev–Trinajstić information content (AvgIpc) is 2.70. The first-order valence-corrected chi connectivity index (χ1v) is 8.30. The maximum atomic E-state index is 12.1. The fourth-order valence-electron chi connectivity index (χ4n) is 2.51. The van der Waals surface area contributed by atoms with Crippen LogP contribution in [-0.2, 0) is 28.7 Å². The van der Waals surface area contributed by atoms with Gasteiger partial charge in [-0.1, -0.05) is 25.1 Å². The lowest BCUT2D eigenvalue weighted by Gasteiger charge is -2.26. The van der Waals surface area contributed by atoms with Gasteiger partial charge in [0.1, 0.15) is 6.04 Å². The molecule has 10 heteroatoms. The number of methoxy groups -OCH3 is 2. The summed E-state index contributed by atoms with van der Waals surface area (Å²) in [7, 11) is 2.14. The fraction of sp³-hybridized carbons (Fsp3) is 0.389. The Morgan fingerprint density at radius 2 is 1.54 bits per heavy atom. The van der Waals surface area contributed by atoms with Crippen molar-refractivity contribution in [3.05, 3.63) is 35.9 Å². The smallest absolute Gasteiger partial charge is 0.320 e. The molecule has 1 aromatic carbocycles. The normalized spacial score (nSPS) is 12.4. The van der Waals surface area contributed by atoms with E-state index in [1.54, 1.807) is 30.3 Å². The number of amides is 3. The molecule has 2 atom stereocenters. The first-order valence-electron chi connectivity index (χ1n) is 8.30. The number of nitrogens with two attached hydrogens (primary N) is 1. The molecule has 28 heavy (non-hydrogen) atoms. The number of carbonyl (C=O) groups excluding carboxylic acids is 5. The van der Waals surface area contributed by atoms with Crippen LogP contribution in [0, 0.1) is 11.8 Å². The molecule has 0 aliphatic heterocycles. The first-order chi connectivity index (χ1) is 13.2. The minimum Gasteiger partial charge on any atom is -0.468 e. The molecule has 0 aliphatic carbocycles. The Bertz CT molecular complexity index is 720. The molecule has 4 N–H and O–H groups in total. The van der Waals surface area contributed by atoms with E-state index in [-0.39, 0.29) is 0 Å². The highest BCUT2D eigenvalue weighted by molar-refractivity contribution is 5.98. The number of esters is 2. The zero-order valence-corrected chi connectivity index (χ0v) is 15.8. The molecule has 0 spiro atoms. The lowest BCUT2D eigenvalue weighted by Crippen LogP contribution is -2.54. The van der Waals surface area contributed by atoms with Crippen molar-refractivity contribution in [1.29, 1.82) is 0 Å². The zero-order valence-electron chi connectivity index (χ0n) is 15.8. The van der Waals surface area contributed by atoms with E-state index < -0.39 is 54.1 Å². The van der Waals surface area contributed by atoms with Crippen LogP contribution < -0.4 is 16.4 Å². The van der Waals surface area contributed by atoms with Gasteiger partial charge in [0, 0.05) is 11.5 Å². The summed E-state index contributed by atoms with van der Waals surface area (Å²) in [6.07, 6.45) is 0. The van der Waals surface area contributed by atoms with E-state index in [2.05, 4.69) is 20.1 Å². The van der Waals surface area contributed by atoms with E-state index in [4.69, 9.17) is 5.73 Å². The van der Waals surface area contributed by atoms with Crippen molar-refractivity contribution >= 4 is 29.7 Å². The molecule has 0 radical (unpaired) electrons. The predicted molar refractivity (Wildman–Crippen MR) is 96.6 cm³/mol. The molecule has 0 aliphatic rings. The largest absolute Gasteiger partial charge is 0.468 e. The predicted octanol–water partition coefficient (Wildman–Crippen LogP) is -1.02. The van der Waals surface area contributed by atoms with Crippen LogP contribution in [0.25, 0.3) is 0 Å². The molecule has 1 aromatic rings. The standard InChI is InChI=1S/C18H23N3O7/c1-10(13(17(25)27-2)18(26)28-3)14(15(19)23)21-12(22)9-20-16(24)11-7-5-4-6-8-11/h4-8,10,13-14H,9H2,1-3H3,(H2,19,23)(H,20,24)(H,21,22)/t10-,14-/m0/s1. The van der Waals surface area contributed by atoms with Crippen LogP contribution in [0.4, 0.5) is 0 Å². The van der Waals surface area contributed by atoms with Gasteiger partial charge in [-0.05, 0) is 12.1 Å². The lowest BCUT2D eigenvalue weighted by molar-refractivity contribution is -0.162. The molecule has 3 amide bonds. The Balaban J connectivity index is 2.81. The number of carbonyl (C=O) groups is 5. The van der Waals surface area contributed by atoms with Crippen molar-refractivity contribution in [2.45, 2.75) is 13.0 Å². The number of benzene rings is 1. The van der Waals surface area contributed by atoms with Gasteiger partial charge in [0.05, 0.1) is 20.8 Å². The van der Waals surface area contributed by atoms with Gasteiger partial charge in [0.15, 0.2) is 5.92 Å². The van der Waals surface area contributed by atoms with E-state index in [1.165, 1.54) is 6.92 Å². The van der Waals surface area contributed by atoms with Gasteiger partial charge in [0.25, 0.3) is 5.91 Å².